The SMILES string of the molecule is O=S(=O)(Cl)c1cc(I)ncc1C(F)F. The number of hydrogen-bond acceptors (Lipinski definition) is 3. The van der Waals surface area contributed by atoms with E-state index >= 15 is 0 Å². The number of nitrogens with zero attached hydrogens (tertiary/aromatic N) is 1. The highest BCUT2D eigenvalue weighted by atomic mass is 127. The first-order valence-electron chi connectivity index (χ1n) is 3.20. The van der Waals surface area contributed by atoms with Crippen molar-refractivity contribution in [3.63, 3.8) is 0 Å². The summed E-state index contributed by atoms with van der Waals surface area (Å²) in [5.74, 6) is 0. The monoisotopic (exact) mass is 353 g/mol. The summed E-state index contributed by atoms with van der Waals surface area (Å²) in [4.78, 5) is 2.97. The van der Waals surface area contributed by atoms with Crippen LogP contribution in [0.4, 0.5) is 8.78 Å². The van der Waals surface area contributed by atoms with Crippen LogP contribution in [0.15, 0.2) is 17.2 Å². The van der Waals surface area contributed by atoms with Crippen molar-refractivity contribution in [2.45, 2.75) is 11.3 Å². The van der Waals surface area contributed by atoms with Crippen LogP contribution in [0, 0.1) is 3.70 Å². The maximum Gasteiger partial charge on any atom is 0.266 e. The van der Waals surface area contributed by atoms with Crippen molar-refractivity contribution in [2.24, 2.45) is 0 Å². The lowest BCUT2D eigenvalue weighted by Crippen LogP contribution is -2.00. The predicted molar refractivity (Wildman–Crippen MR) is 54.9 cm³/mol. The van der Waals surface area contributed by atoms with Gasteiger partial charge in [0.1, 0.15) is 3.70 Å². The molecular weight excluding hydrogens is 350 g/mol. The number of pyridine rings is 1. The van der Waals surface area contributed by atoms with Gasteiger partial charge in [-0.3, -0.25) is 0 Å². The third-order valence-corrected chi connectivity index (χ3v) is 3.33. The third-order valence-electron chi connectivity index (χ3n) is 1.36. The molecule has 0 aliphatic rings. The Morgan fingerprint density at radius 2 is 2.07 bits per heavy atom. The summed E-state index contributed by atoms with van der Waals surface area (Å²) in [6.07, 6.45) is -2.11. The second-order valence-corrected chi connectivity index (χ2v) is 5.92. The molecule has 0 aliphatic carbocycles. The first-order valence-corrected chi connectivity index (χ1v) is 6.59. The Labute approximate surface area is 97.0 Å². The molecule has 0 atom stereocenters. The number of alkyl halides is 2. The summed E-state index contributed by atoms with van der Waals surface area (Å²) in [5.41, 5.74) is -0.680. The quantitative estimate of drug-likeness (QED) is 0.466. The molecule has 0 aromatic carbocycles. The van der Waals surface area contributed by atoms with Crippen molar-refractivity contribution < 1.29 is 17.2 Å². The number of halogens is 4. The van der Waals surface area contributed by atoms with Crippen molar-refractivity contribution in [3.05, 3.63) is 21.5 Å². The van der Waals surface area contributed by atoms with E-state index in [4.69, 9.17) is 10.7 Å². The van der Waals surface area contributed by atoms with E-state index < -0.39 is 25.9 Å². The predicted octanol–water partition coefficient (Wildman–Crippen LogP) is 2.55. The molecule has 1 aromatic rings. The Kier molecular flexibility index (Phi) is 3.64. The standard InChI is InChI=1S/C6H3ClF2INO2S/c7-14(12,13)4-1-5(10)11-2-3(4)6(8)9/h1-2,6H. The molecule has 0 unspecified atom stereocenters. The van der Waals surface area contributed by atoms with Gasteiger partial charge in [0, 0.05) is 16.9 Å². The average Bonchev–Trinajstić information content (AvgIpc) is 2.01. The molecule has 1 heterocycles. The van der Waals surface area contributed by atoms with Crippen LogP contribution >= 0.6 is 33.3 Å². The molecule has 1 rings (SSSR count). The van der Waals surface area contributed by atoms with Gasteiger partial charge in [0.15, 0.2) is 0 Å². The van der Waals surface area contributed by atoms with Crippen LogP contribution in [-0.4, -0.2) is 13.4 Å². The fourth-order valence-electron chi connectivity index (χ4n) is 0.799. The van der Waals surface area contributed by atoms with Crippen molar-refractivity contribution in [3.8, 4) is 0 Å². The lowest BCUT2D eigenvalue weighted by atomic mass is 10.3. The Morgan fingerprint density at radius 3 is 2.50 bits per heavy atom. The highest BCUT2D eigenvalue weighted by molar-refractivity contribution is 14.1. The molecule has 78 valence electrons. The smallest absolute Gasteiger partial charge is 0.250 e. The lowest BCUT2D eigenvalue weighted by Gasteiger charge is -2.04. The molecule has 0 saturated carbocycles. The van der Waals surface area contributed by atoms with Crippen molar-refractivity contribution in [1.82, 2.24) is 4.98 Å². The van der Waals surface area contributed by atoms with Crippen LogP contribution < -0.4 is 0 Å². The number of hydrogen-bond donors (Lipinski definition) is 0. The number of aromatic nitrogens is 1. The topological polar surface area (TPSA) is 47.0 Å². The Balaban J connectivity index is 3.46. The van der Waals surface area contributed by atoms with Crippen LogP contribution in [-0.2, 0) is 9.05 Å². The van der Waals surface area contributed by atoms with Crippen molar-refractivity contribution in [1.29, 1.82) is 0 Å². The molecule has 0 bridgehead atoms. The van der Waals surface area contributed by atoms with E-state index in [-0.39, 0.29) is 3.70 Å². The van der Waals surface area contributed by atoms with Crippen LogP contribution in [0.3, 0.4) is 0 Å². The van der Waals surface area contributed by atoms with E-state index in [9.17, 15) is 17.2 Å². The minimum atomic E-state index is -4.15. The molecule has 0 radical (unpaired) electrons. The van der Waals surface area contributed by atoms with E-state index in [0.717, 1.165) is 12.3 Å². The van der Waals surface area contributed by atoms with Crippen molar-refractivity contribution in [2.75, 3.05) is 0 Å². The molecule has 0 N–H and O–H groups in total. The number of rotatable bonds is 2. The largest absolute Gasteiger partial charge is 0.266 e. The van der Waals surface area contributed by atoms with Gasteiger partial charge in [-0.05, 0) is 28.7 Å². The highest BCUT2D eigenvalue weighted by Gasteiger charge is 2.22. The van der Waals surface area contributed by atoms with Gasteiger partial charge in [0.25, 0.3) is 15.5 Å². The molecule has 3 nitrogen and oxygen atoms in total. The summed E-state index contributed by atoms with van der Waals surface area (Å²) < 4.78 is 46.8. The molecule has 0 spiro atoms. The average molecular weight is 354 g/mol. The van der Waals surface area contributed by atoms with Gasteiger partial charge >= 0.3 is 0 Å². The van der Waals surface area contributed by atoms with Gasteiger partial charge in [-0.15, -0.1) is 0 Å². The van der Waals surface area contributed by atoms with Crippen LogP contribution in [0.5, 0.6) is 0 Å². The zero-order chi connectivity index (χ0) is 10.9. The second kappa shape index (κ2) is 4.23. The Morgan fingerprint density at radius 1 is 1.50 bits per heavy atom. The van der Waals surface area contributed by atoms with Gasteiger partial charge in [0.2, 0.25) is 0 Å². The molecule has 8 heteroatoms. The fourth-order valence-corrected chi connectivity index (χ4v) is 2.54. The van der Waals surface area contributed by atoms with E-state index in [2.05, 4.69) is 4.98 Å². The minimum Gasteiger partial charge on any atom is -0.250 e. The molecule has 0 fully saturated rings. The zero-order valence-electron chi connectivity index (χ0n) is 6.42. The second-order valence-electron chi connectivity index (χ2n) is 2.28. The third kappa shape index (κ3) is 2.74. The van der Waals surface area contributed by atoms with Crippen LogP contribution in [0.25, 0.3) is 0 Å². The highest BCUT2D eigenvalue weighted by Crippen LogP contribution is 2.28. The summed E-state index contributed by atoms with van der Waals surface area (Å²) in [6, 6.07) is 1.00. The maximum atomic E-state index is 12.3. The maximum absolute atomic E-state index is 12.3. The molecule has 1 aromatic heterocycles. The fraction of sp³-hybridized carbons (Fsp3) is 0.167. The minimum absolute atomic E-state index is 0.284. The van der Waals surface area contributed by atoms with Gasteiger partial charge in [-0.25, -0.2) is 22.2 Å². The summed E-state index contributed by atoms with van der Waals surface area (Å²) in [6.45, 7) is 0. The summed E-state index contributed by atoms with van der Waals surface area (Å²) >= 11 is 1.71. The first-order chi connectivity index (χ1) is 6.32. The molecule has 0 aliphatic heterocycles. The Bertz CT molecular complexity index is 451. The van der Waals surface area contributed by atoms with E-state index in [1.54, 1.807) is 22.6 Å². The zero-order valence-corrected chi connectivity index (χ0v) is 10.1. The molecule has 0 amide bonds. The van der Waals surface area contributed by atoms with Gasteiger partial charge in [-0.2, -0.15) is 0 Å². The molecule has 14 heavy (non-hydrogen) atoms. The van der Waals surface area contributed by atoms with Crippen molar-refractivity contribution >= 4 is 42.3 Å². The van der Waals surface area contributed by atoms with Crippen LogP contribution in [0.2, 0.25) is 0 Å². The van der Waals surface area contributed by atoms with Gasteiger partial charge in [0.05, 0.1) is 10.5 Å². The van der Waals surface area contributed by atoms with E-state index in [1.807, 2.05) is 0 Å². The van der Waals surface area contributed by atoms with Gasteiger partial charge < -0.3 is 0 Å². The summed E-state index contributed by atoms with van der Waals surface area (Å²) in [7, 11) is 0.834. The first kappa shape index (κ1) is 12.1. The van der Waals surface area contributed by atoms with E-state index in [0.29, 0.717) is 0 Å². The van der Waals surface area contributed by atoms with Crippen LogP contribution in [0.1, 0.15) is 12.0 Å². The molecular formula is C6H3ClF2INO2S. The van der Waals surface area contributed by atoms with Gasteiger partial charge in [-0.1, -0.05) is 0 Å². The lowest BCUT2D eigenvalue weighted by molar-refractivity contribution is 0.147. The summed E-state index contributed by atoms with van der Waals surface area (Å²) in [5, 5.41) is 0. The Hall–Kier alpha value is -0.0200. The normalized spacial score (nSPS) is 12.1. The molecule has 0 saturated heterocycles. The van der Waals surface area contributed by atoms with E-state index in [1.165, 1.54) is 0 Å².